The van der Waals surface area contributed by atoms with E-state index in [0.29, 0.717) is 17.0 Å². The number of amides is 1. The van der Waals surface area contributed by atoms with E-state index < -0.39 is 17.6 Å². The van der Waals surface area contributed by atoms with Gasteiger partial charge >= 0.3 is 6.18 Å². The molecule has 1 amide bonds. The van der Waals surface area contributed by atoms with Gasteiger partial charge in [-0.25, -0.2) is 0 Å². The highest BCUT2D eigenvalue weighted by molar-refractivity contribution is 5.97. The summed E-state index contributed by atoms with van der Waals surface area (Å²) >= 11 is 0. The fourth-order valence-electron chi connectivity index (χ4n) is 3.76. The lowest BCUT2D eigenvalue weighted by Crippen LogP contribution is -2.20. The molecule has 0 aliphatic heterocycles. The van der Waals surface area contributed by atoms with Gasteiger partial charge in [-0.05, 0) is 30.3 Å². The minimum absolute atomic E-state index is 0.202. The molecule has 5 aromatic rings. The molecule has 0 bridgehead atoms. The van der Waals surface area contributed by atoms with Crippen LogP contribution >= 0.6 is 0 Å². The molecule has 5 rings (SSSR count). The van der Waals surface area contributed by atoms with Crippen LogP contribution in [0.4, 0.5) is 18.9 Å². The van der Waals surface area contributed by atoms with Crippen molar-refractivity contribution < 1.29 is 22.4 Å². The zero-order chi connectivity index (χ0) is 23.7. The predicted molar refractivity (Wildman–Crippen MR) is 121 cm³/mol. The summed E-state index contributed by atoms with van der Waals surface area (Å²) in [4.78, 5) is 12.7. The number of hydrogen-bond acceptors (Lipinski definition) is 4. The van der Waals surface area contributed by atoms with Gasteiger partial charge in [0.25, 0.3) is 0 Å². The summed E-state index contributed by atoms with van der Waals surface area (Å²) in [5.74, 6) is 0.0325. The van der Waals surface area contributed by atoms with Gasteiger partial charge in [-0.3, -0.25) is 4.79 Å². The maximum absolute atomic E-state index is 13.3. The maximum Gasteiger partial charge on any atom is 0.418 e. The van der Waals surface area contributed by atoms with Crippen LogP contribution in [0, 0.1) is 0 Å². The number of aromatic nitrogens is 3. The first kappa shape index (κ1) is 21.4. The summed E-state index contributed by atoms with van der Waals surface area (Å²) in [6.45, 7) is -0.202. The van der Waals surface area contributed by atoms with Crippen LogP contribution < -0.4 is 5.32 Å². The maximum atomic E-state index is 13.3. The molecule has 1 N–H and O–H groups in total. The number of alkyl halides is 3. The first-order valence-corrected chi connectivity index (χ1v) is 10.3. The Morgan fingerprint density at radius 1 is 0.882 bits per heavy atom. The Bertz CT molecular complexity index is 1470. The lowest BCUT2D eigenvalue weighted by Gasteiger charge is -2.14. The van der Waals surface area contributed by atoms with Crippen molar-refractivity contribution in [3.63, 3.8) is 0 Å². The number of hydrogen-bond donors (Lipinski definition) is 1. The smallest absolute Gasteiger partial charge is 0.416 e. The Kier molecular flexibility index (Phi) is 5.37. The van der Waals surface area contributed by atoms with E-state index in [-0.39, 0.29) is 18.1 Å². The number of rotatable bonds is 5. The Hall–Kier alpha value is -4.40. The topological polar surface area (TPSA) is 73.0 Å². The van der Waals surface area contributed by atoms with Gasteiger partial charge in [0, 0.05) is 22.7 Å². The van der Waals surface area contributed by atoms with Crippen molar-refractivity contribution in [2.24, 2.45) is 0 Å². The molecule has 2 heterocycles. The second kappa shape index (κ2) is 8.51. The zero-order valence-electron chi connectivity index (χ0n) is 17.6. The summed E-state index contributed by atoms with van der Waals surface area (Å²) in [7, 11) is 0. The number of benzene rings is 3. The standard InChI is InChI=1S/C25H17F3N4O2/c26-25(27,28)19-11-5-6-12-20(19)29-22(33)15-32-14-18(17-10-4-7-13-21(17)32)24-31-30-23(34-24)16-8-2-1-3-9-16/h1-14H,15H2,(H,29,33). The third-order valence-corrected chi connectivity index (χ3v) is 5.29. The molecule has 0 radical (unpaired) electrons. The Morgan fingerprint density at radius 3 is 2.35 bits per heavy atom. The molecule has 0 aliphatic carbocycles. The quantitative estimate of drug-likeness (QED) is 0.347. The van der Waals surface area contributed by atoms with Crippen LogP contribution in [0.3, 0.4) is 0 Å². The molecule has 170 valence electrons. The van der Waals surface area contributed by atoms with Crippen molar-refractivity contribution in [3.05, 3.63) is 90.6 Å². The normalized spacial score (nSPS) is 11.6. The zero-order valence-corrected chi connectivity index (χ0v) is 17.6. The third-order valence-electron chi connectivity index (χ3n) is 5.29. The van der Waals surface area contributed by atoms with Gasteiger partial charge in [0.15, 0.2) is 0 Å². The van der Waals surface area contributed by atoms with Crippen LogP contribution in [-0.2, 0) is 17.5 Å². The lowest BCUT2D eigenvalue weighted by atomic mass is 10.1. The van der Waals surface area contributed by atoms with E-state index in [1.165, 1.54) is 18.2 Å². The highest BCUT2D eigenvalue weighted by Crippen LogP contribution is 2.35. The number of para-hydroxylation sites is 2. The van der Waals surface area contributed by atoms with Crippen LogP contribution in [0.2, 0.25) is 0 Å². The molecule has 0 aliphatic rings. The molecule has 2 aromatic heterocycles. The number of anilines is 1. The molecule has 0 fully saturated rings. The molecule has 0 atom stereocenters. The van der Waals surface area contributed by atoms with Gasteiger partial charge in [0.2, 0.25) is 17.7 Å². The number of carbonyl (C=O) groups is 1. The average molecular weight is 462 g/mol. The Balaban J connectivity index is 1.45. The van der Waals surface area contributed by atoms with Crippen molar-refractivity contribution in [1.82, 2.24) is 14.8 Å². The third kappa shape index (κ3) is 4.15. The van der Waals surface area contributed by atoms with Crippen LogP contribution in [0.5, 0.6) is 0 Å². The van der Waals surface area contributed by atoms with E-state index in [2.05, 4.69) is 15.5 Å². The lowest BCUT2D eigenvalue weighted by molar-refractivity contribution is -0.137. The van der Waals surface area contributed by atoms with Gasteiger partial charge in [0.05, 0.1) is 16.8 Å². The summed E-state index contributed by atoms with van der Waals surface area (Å²) in [6.07, 6.45) is -2.90. The second-order valence-electron chi connectivity index (χ2n) is 7.56. The number of carbonyl (C=O) groups excluding carboxylic acids is 1. The summed E-state index contributed by atoms with van der Waals surface area (Å²) < 4.78 is 47.3. The highest BCUT2D eigenvalue weighted by Gasteiger charge is 2.33. The molecule has 6 nitrogen and oxygen atoms in total. The van der Waals surface area contributed by atoms with Crippen molar-refractivity contribution in [2.45, 2.75) is 12.7 Å². The summed E-state index contributed by atoms with van der Waals surface area (Å²) in [5, 5.41) is 11.4. The first-order valence-electron chi connectivity index (χ1n) is 10.3. The molecule has 0 unspecified atom stereocenters. The minimum atomic E-state index is -4.58. The van der Waals surface area contributed by atoms with Crippen molar-refractivity contribution in [1.29, 1.82) is 0 Å². The average Bonchev–Trinajstić information content (AvgIpc) is 3.45. The minimum Gasteiger partial charge on any atom is -0.416 e. The van der Waals surface area contributed by atoms with Crippen molar-refractivity contribution in [3.8, 4) is 22.9 Å². The van der Waals surface area contributed by atoms with Crippen LogP contribution in [-0.4, -0.2) is 20.7 Å². The Morgan fingerprint density at radius 2 is 1.56 bits per heavy atom. The van der Waals surface area contributed by atoms with Crippen LogP contribution in [0.15, 0.2) is 89.5 Å². The molecular formula is C25H17F3N4O2. The number of nitrogens with zero attached hydrogens (tertiary/aromatic N) is 3. The van der Waals surface area contributed by atoms with E-state index in [0.717, 1.165) is 17.0 Å². The van der Waals surface area contributed by atoms with Crippen LogP contribution in [0.1, 0.15) is 5.56 Å². The second-order valence-corrected chi connectivity index (χ2v) is 7.56. The Labute approximate surface area is 191 Å². The van der Waals surface area contributed by atoms with E-state index in [1.54, 1.807) is 10.8 Å². The highest BCUT2D eigenvalue weighted by atomic mass is 19.4. The number of halogens is 3. The number of fused-ring (bicyclic) bond motifs is 1. The molecular weight excluding hydrogens is 445 g/mol. The fourth-order valence-corrected chi connectivity index (χ4v) is 3.76. The molecule has 0 saturated heterocycles. The van der Waals surface area contributed by atoms with Gasteiger partial charge in [0.1, 0.15) is 6.54 Å². The molecule has 3 aromatic carbocycles. The van der Waals surface area contributed by atoms with Gasteiger partial charge in [-0.2, -0.15) is 13.2 Å². The van der Waals surface area contributed by atoms with E-state index in [9.17, 15) is 18.0 Å². The molecule has 0 spiro atoms. The van der Waals surface area contributed by atoms with Gasteiger partial charge < -0.3 is 14.3 Å². The van der Waals surface area contributed by atoms with Gasteiger partial charge in [-0.1, -0.05) is 48.5 Å². The fraction of sp³-hybridized carbons (Fsp3) is 0.0800. The number of nitrogens with one attached hydrogen (secondary N) is 1. The molecule has 9 heteroatoms. The van der Waals surface area contributed by atoms with Gasteiger partial charge in [-0.15, -0.1) is 10.2 Å². The van der Waals surface area contributed by atoms with E-state index in [1.807, 2.05) is 54.6 Å². The SMILES string of the molecule is O=C(Cn1cc(-c2nnc(-c3ccccc3)o2)c2ccccc21)Nc1ccccc1C(F)(F)F. The molecule has 0 saturated carbocycles. The first-order chi connectivity index (χ1) is 16.4. The van der Waals surface area contributed by atoms with Crippen molar-refractivity contribution in [2.75, 3.05) is 5.32 Å². The van der Waals surface area contributed by atoms with E-state index >= 15 is 0 Å². The largest absolute Gasteiger partial charge is 0.418 e. The summed E-state index contributed by atoms with van der Waals surface area (Å²) in [6, 6.07) is 21.5. The van der Waals surface area contributed by atoms with E-state index in [4.69, 9.17) is 4.42 Å². The predicted octanol–water partition coefficient (Wildman–Crippen LogP) is 6.02. The van der Waals surface area contributed by atoms with Crippen LogP contribution in [0.25, 0.3) is 33.8 Å². The monoisotopic (exact) mass is 462 g/mol. The van der Waals surface area contributed by atoms with Crippen molar-refractivity contribution >= 4 is 22.5 Å². The molecule has 34 heavy (non-hydrogen) atoms. The summed E-state index contributed by atoms with van der Waals surface area (Å²) in [5.41, 5.74) is 0.902.